The number of carbonyl (C=O) groups is 1. The lowest BCUT2D eigenvalue weighted by Crippen LogP contribution is -2.10. The van der Waals surface area contributed by atoms with Crippen LogP contribution in [0.2, 0.25) is 0 Å². The summed E-state index contributed by atoms with van der Waals surface area (Å²) in [5.74, 6) is -0.341. The number of carbonyl (C=O) groups excluding carboxylic acids is 1. The van der Waals surface area contributed by atoms with Crippen LogP contribution in [0.25, 0.3) is 16.9 Å². The van der Waals surface area contributed by atoms with Crippen molar-refractivity contribution in [3.63, 3.8) is 0 Å². The molecule has 0 aliphatic carbocycles. The van der Waals surface area contributed by atoms with Gasteiger partial charge in [0.25, 0.3) is 5.69 Å². The van der Waals surface area contributed by atoms with Crippen LogP contribution in [0, 0.1) is 10.1 Å². The zero-order valence-corrected chi connectivity index (χ0v) is 13.0. The van der Waals surface area contributed by atoms with E-state index in [0.717, 1.165) is 0 Å². The molecule has 2 aromatic heterocycles. The first-order valence-corrected chi connectivity index (χ1v) is 7.46. The molecule has 3 aromatic rings. The second-order valence-electron chi connectivity index (χ2n) is 5.12. The maximum Gasteiger partial charge on any atom is 0.311 e. The van der Waals surface area contributed by atoms with Crippen LogP contribution in [0.3, 0.4) is 0 Å². The number of imidazole rings is 1. The van der Waals surface area contributed by atoms with Gasteiger partial charge < -0.3 is 9.14 Å². The number of rotatable bonds is 5. The second kappa shape index (κ2) is 6.49. The minimum atomic E-state index is -0.451. The molecule has 0 spiro atoms. The van der Waals surface area contributed by atoms with Gasteiger partial charge in [0.05, 0.1) is 29.3 Å². The summed E-state index contributed by atoms with van der Waals surface area (Å²) in [7, 11) is 0. The molecule has 0 amide bonds. The van der Waals surface area contributed by atoms with Crippen LogP contribution < -0.4 is 0 Å². The fraction of sp³-hybridized carbons (Fsp3) is 0.176. The maximum atomic E-state index is 11.9. The van der Waals surface area contributed by atoms with Crippen molar-refractivity contribution in [3.8, 4) is 11.3 Å². The maximum absolute atomic E-state index is 11.9. The summed E-state index contributed by atoms with van der Waals surface area (Å²) in [5, 5.41) is 10.8. The normalized spacial score (nSPS) is 10.7. The van der Waals surface area contributed by atoms with Crippen LogP contribution in [-0.2, 0) is 16.0 Å². The van der Waals surface area contributed by atoms with E-state index < -0.39 is 4.92 Å². The van der Waals surface area contributed by atoms with Crippen molar-refractivity contribution in [2.45, 2.75) is 13.3 Å². The number of hydrogen-bond donors (Lipinski definition) is 0. The van der Waals surface area contributed by atoms with E-state index in [4.69, 9.17) is 4.74 Å². The molecule has 122 valence electrons. The highest BCUT2D eigenvalue weighted by Gasteiger charge is 2.18. The standard InChI is InChI=1S/C17H15N3O4/c1-2-24-16(21)11-14-17(18-15-5-3-4-10-19(14)15)12-6-8-13(9-7-12)20(22)23/h3-10H,2,11H2,1H3. The van der Waals surface area contributed by atoms with E-state index >= 15 is 0 Å². The van der Waals surface area contributed by atoms with E-state index in [9.17, 15) is 14.9 Å². The number of nitro benzene ring substituents is 1. The zero-order valence-electron chi connectivity index (χ0n) is 13.0. The van der Waals surface area contributed by atoms with E-state index in [0.29, 0.717) is 29.2 Å². The van der Waals surface area contributed by atoms with Gasteiger partial charge in [-0.3, -0.25) is 14.9 Å². The Morgan fingerprint density at radius 1 is 1.25 bits per heavy atom. The molecule has 7 nitrogen and oxygen atoms in total. The SMILES string of the molecule is CCOC(=O)Cc1c(-c2ccc([N+](=O)[O-])cc2)nc2ccccn12. The van der Waals surface area contributed by atoms with Gasteiger partial charge in [0.2, 0.25) is 0 Å². The number of esters is 1. The smallest absolute Gasteiger partial charge is 0.311 e. The fourth-order valence-corrected chi connectivity index (χ4v) is 2.54. The molecule has 0 aliphatic heterocycles. The number of hydrogen-bond acceptors (Lipinski definition) is 5. The average Bonchev–Trinajstić information content (AvgIpc) is 2.94. The van der Waals surface area contributed by atoms with Gasteiger partial charge in [0.1, 0.15) is 5.65 Å². The van der Waals surface area contributed by atoms with Crippen molar-refractivity contribution >= 4 is 17.3 Å². The number of nitrogens with zero attached hydrogens (tertiary/aromatic N) is 3. The number of nitro groups is 1. The molecule has 0 atom stereocenters. The lowest BCUT2D eigenvalue weighted by atomic mass is 10.1. The van der Waals surface area contributed by atoms with E-state index in [-0.39, 0.29) is 18.1 Å². The van der Waals surface area contributed by atoms with Crippen LogP contribution in [-0.4, -0.2) is 26.9 Å². The fourth-order valence-electron chi connectivity index (χ4n) is 2.54. The molecular weight excluding hydrogens is 310 g/mol. The molecule has 0 unspecified atom stereocenters. The van der Waals surface area contributed by atoms with Gasteiger partial charge in [-0.15, -0.1) is 0 Å². The van der Waals surface area contributed by atoms with E-state index in [1.54, 1.807) is 19.1 Å². The van der Waals surface area contributed by atoms with Crippen molar-refractivity contribution in [2.75, 3.05) is 6.61 Å². The lowest BCUT2D eigenvalue weighted by Gasteiger charge is -2.05. The Kier molecular flexibility index (Phi) is 4.24. The summed E-state index contributed by atoms with van der Waals surface area (Å²) in [4.78, 5) is 26.8. The number of aromatic nitrogens is 2. The first-order valence-electron chi connectivity index (χ1n) is 7.46. The molecule has 0 saturated heterocycles. The first kappa shape index (κ1) is 15.7. The molecule has 0 bridgehead atoms. The van der Waals surface area contributed by atoms with Crippen LogP contribution >= 0.6 is 0 Å². The van der Waals surface area contributed by atoms with Crippen molar-refractivity contribution in [1.29, 1.82) is 0 Å². The molecule has 0 aliphatic rings. The molecule has 7 heteroatoms. The van der Waals surface area contributed by atoms with Crippen molar-refractivity contribution in [2.24, 2.45) is 0 Å². The van der Waals surface area contributed by atoms with Crippen LogP contribution in [0.4, 0.5) is 5.69 Å². The number of ether oxygens (including phenoxy) is 1. The minimum Gasteiger partial charge on any atom is -0.466 e. The Morgan fingerprint density at radius 3 is 2.67 bits per heavy atom. The highest BCUT2D eigenvalue weighted by molar-refractivity contribution is 5.77. The van der Waals surface area contributed by atoms with E-state index in [1.807, 2.05) is 28.8 Å². The molecule has 24 heavy (non-hydrogen) atoms. The molecule has 1 aromatic carbocycles. The van der Waals surface area contributed by atoms with Crippen molar-refractivity contribution in [1.82, 2.24) is 9.38 Å². The van der Waals surface area contributed by atoms with Gasteiger partial charge in [-0.2, -0.15) is 0 Å². The Labute approximate surface area is 137 Å². The third-order valence-corrected chi connectivity index (χ3v) is 3.60. The highest BCUT2D eigenvalue weighted by atomic mass is 16.6. The quantitative estimate of drug-likeness (QED) is 0.409. The van der Waals surface area contributed by atoms with Crippen molar-refractivity contribution in [3.05, 3.63) is 64.5 Å². The predicted molar refractivity (Wildman–Crippen MR) is 87.6 cm³/mol. The predicted octanol–water partition coefficient (Wildman–Crippen LogP) is 3.02. The van der Waals surface area contributed by atoms with Gasteiger partial charge in [-0.1, -0.05) is 6.07 Å². The number of pyridine rings is 1. The summed E-state index contributed by atoms with van der Waals surface area (Å²) < 4.78 is 6.86. The number of non-ortho nitro benzene ring substituents is 1. The monoisotopic (exact) mass is 325 g/mol. The van der Waals surface area contributed by atoms with E-state index in [2.05, 4.69) is 4.98 Å². The zero-order chi connectivity index (χ0) is 17.1. The summed E-state index contributed by atoms with van der Waals surface area (Å²) in [6, 6.07) is 11.7. The Morgan fingerprint density at radius 2 is 2.00 bits per heavy atom. The average molecular weight is 325 g/mol. The van der Waals surface area contributed by atoms with Crippen LogP contribution in [0.15, 0.2) is 48.7 Å². The Hall–Kier alpha value is -3.22. The molecule has 0 N–H and O–H groups in total. The summed E-state index contributed by atoms with van der Waals surface area (Å²) in [6.07, 6.45) is 1.90. The molecule has 2 heterocycles. The summed E-state index contributed by atoms with van der Waals surface area (Å²) in [6.45, 7) is 2.06. The van der Waals surface area contributed by atoms with E-state index in [1.165, 1.54) is 12.1 Å². The molecule has 3 rings (SSSR count). The number of benzene rings is 1. The van der Waals surface area contributed by atoms with Crippen LogP contribution in [0.5, 0.6) is 0 Å². The summed E-state index contributed by atoms with van der Waals surface area (Å²) >= 11 is 0. The van der Waals surface area contributed by atoms with Crippen LogP contribution in [0.1, 0.15) is 12.6 Å². The Bertz CT molecular complexity index is 900. The number of fused-ring (bicyclic) bond motifs is 1. The lowest BCUT2D eigenvalue weighted by molar-refractivity contribution is -0.384. The molecule has 0 fully saturated rings. The topological polar surface area (TPSA) is 86.7 Å². The van der Waals surface area contributed by atoms with Gasteiger partial charge in [0.15, 0.2) is 0 Å². The van der Waals surface area contributed by atoms with Gasteiger partial charge in [-0.25, -0.2) is 4.98 Å². The molecule has 0 radical (unpaired) electrons. The highest BCUT2D eigenvalue weighted by Crippen LogP contribution is 2.27. The van der Waals surface area contributed by atoms with Gasteiger partial charge in [0, 0.05) is 23.9 Å². The molecular formula is C17H15N3O4. The third-order valence-electron chi connectivity index (χ3n) is 3.60. The van der Waals surface area contributed by atoms with Gasteiger partial charge >= 0.3 is 5.97 Å². The molecule has 0 saturated carbocycles. The minimum absolute atomic E-state index is 0.00876. The summed E-state index contributed by atoms with van der Waals surface area (Å²) in [5.41, 5.74) is 2.73. The third kappa shape index (κ3) is 2.96. The first-order chi connectivity index (χ1) is 11.6. The Balaban J connectivity index is 2.08. The van der Waals surface area contributed by atoms with Gasteiger partial charge in [-0.05, 0) is 31.2 Å². The second-order valence-corrected chi connectivity index (χ2v) is 5.12. The van der Waals surface area contributed by atoms with Crippen molar-refractivity contribution < 1.29 is 14.5 Å². The largest absolute Gasteiger partial charge is 0.466 e.